The first kappa shape index (κ1) is 16.3. The maximum absolute atomic E-state index is 12.3. The molecular formula is C16H28N2O3. The Kier molecular flexibility index (Phi) is 6.49. The molecule has 0 aromatic carbocycles. The van der Waals surface area contributed by atoms with Gasteiger partial charge in [-0.05, 0) is 38.8 Å². The van der Waals surface area contributed by atoms with Gasteiger partial charge >= 0.3 is 5.97 Å². The quantitative estimate of drug-likeness (QED) is 0.785. The van der Waals surface area contributed by atoms with Crippen LogP contribution in [0.25, 0.3) is 0 Å². The van der Waals surface area contributed by atoms with Gasteiger partial charge in [0.1, 0.15) is 6.04 Å². The zero-order valence-corrected chi connectivity index (χ0v) is 13.1. The Morgan fingerprint density at radius 2 is 1.71 bits per heavy atom. The molecule has 1 unspecified atom stereocenters. The lowest BCUT2D eigenvalue weighted by Crippen LogP contribution is -2.51. The van der Waals surface area contributed by atoms with E-state index in [2.05, 4.69) is 10.2 Å². The lowest BCUT2D eigenvalue weighted by Gasteiger charge is -2.30. The van der Waals surface area contributed by atoms with E-state index in [1.807, 2.05) is 0 Å². The van der Waals surface area contributed by atoms with Crippen molar-refractivity contribution in [2.75, 3.05) is 26.7 Å². The Morgan fingerprint density at radius 1 is 1.10 bits per heavy atom. The van der Waals surface area contributed by atoms with E-state index in [4.69, 9.17) is 4.74 Å². The summed E-state index contributed by atoms with van der Waals surface area (Å²) in [5.74, 6) is -0.223. The minimum Gasteiger partial charge on any atom is -0.467 e. The molecule has 5 heteroatoms. The van der Waals surface area contributed by atoms with E-state index in [1.165, 1.54) is 32.8 Å². The van der Waals surface area contributed by atoms with Crippen molar-refractivity contribution in [3.63, 3.8) is 0 Å². The number of carbonyl (C=O) groups is 2. The van der Waals surface area contributed by atoms with Gasteiger partial charge in [0.05, 0.1) is 7.11 Å². The molecule has 2 aliphatic rings. The highest BCUT2D eigenvalue weighted by Gasteiger charge is 2.28. The summed E-state index contributed by atoms with van der Waals surface area (Å²) in [5, 5.41) is 2.93. The fourth-order valence-corrected chi connectivity index (χ4v) is 3.38. The molecule has 1 saturated heterocycles. The number of ether oxygens (including phenoxy) is 1. The molecular weight excluding hydrogens is 268 g/mol. The normalized spacial score (nSPS) is 22.5. The van der Waals surface area contributed by atoms with Crippen molar-refractivity contribution in [3.05, 3.63) is 0 Å². The molecule has 0 bridgehead atoms. The first-order valence-corrected chi connectivity index (χ1v) is 8.31. The van der Waals surface area contributed by atoms with Crippen molar-refractivity contribution >= 4 is 11.9 Å². The largest absolute Gasteiger partial charge is 0.467 e. The van der Waals surface area contributed by atoms with Gasteiger partial charge in [0.2, 0.25) is 5.91 Å². The van der Waals surface area contributed by atoms with Gasteiger partial charge in [-0.1, -0.05) is 25.7 Å². The van der Waals surface area contributed by atoms with Gasteiger partial charge < -0.3 is 15.0 Å². The Hall–Kier alpha value is -1.10. The standard InChI is InChI=1S/C16H28N2O3/c1-21-16(20)14(12-18-10-6-3-7-11-18)17-15(19)13-8-4-2-5-9-13/h13-14H,2-12H2,1H3,(H,17,19). The van der Waals surface area contributed by atoms with Crippen LogP contribution >= 0.6 is 0 Å². The van der Waals surface area contributed by atoms with E-state index in [-0.39, 0.29) is 17.8 Å². The second kappa shape index (κ2) is 8.37. The SMILES string of the molecule is COC(=O)C(CN1CCCCC1)NC(=O)C1CCCCC1. The number of nitrogens with one attached hydrogen (secondary N) is 1. The van der Waals surface area contributed by atoms with Crippen molar-refractivity contribution in [1.29, 1.82) is 0 Å². The number of esters is 1. The highest BCUT2D eigenvalue weighted by molar-refractivity contribution is 5.85. The van der Waals surface area contributed by atoms with E-state index in [0.29, 0.717) is 6.54 Å². The van der Waals surface area contributed by atoms with Gasteiger partial charge in [-0.15, -0.1) is 0 Å². The molecule has 1 aliphatic carbocycles. The third-order valence-electron chi connectivity index (χ3n) is 4.67. The third kappa shape index (κ3) is 4.99. The van der Waals surface area contributed by atoms with Crippen LogP contribution in [0.5, 0.6) is 0 Å². The fourth-order valence-electron chi connectivity index (χ4n) is 3.38. The minimum absolute atomic E-state index is 0.0297. The van der Waals surface area contributed by atoms with Gasteiger partial charge in [0.15, 0.2) is 0 Å². The number of rotatable bonds is 5. The van der Waals surface area contributed by atoms with Crippen LogP contribution in [0.2, 0.25) is 0 Å². The van der Waals surface area contributed by atoms with E-state index >= 15 is 0 Å². The van der Waals surface area contributed by atoms with Crippen LogP contribution in [0, 0.1) is 5.92 Å². The summed E-state index contributed by atoms with van der Waals surface area (Å²) in [6.07, 6.45) is 8.95. The molecule has 2 rings (SSSR count). The summed E-state index contributed by atoms with van der Waals surface area (Å²) in [7, 11) is 1.39. The van der Waals surface area contributed by atoms with Gasteiger partial charge in [-0.3, -0.25) is 4.79 Å². The minimum atomic E-state index is -0.525. The van der Waals surface area contributed by atoms with Crippen LogP contribution in [0.3, 0.4) is 0 Å². The number of nitrogens with zero attached hydrogens (tertiary/aromatic N) is 1. The first-order valence-electron chi connectivity index (χ1n) is 8.31. The number of piperidine rings is 1. The second-order valence-electron chi connectivity index (χ2n) is 6.28. The maximum atomic E-state index is 12.3. The fraction of sp³-hybridized carbons (Fsp3) is 0.875. The molecule has 1 heterocycles. The summed E-state index contributed by atoms with van der Waals surface area (Å²) < 4.78 is 4.86. The highest BCUT2D eigenvalue weighted by atomic mass is 16.5. The molecule has 21 heavy (non-hydrogen) atoms. The van der Waals surface area contributed by atoms with E-state index < -0.39 is 6.04 Å². The molecule has 1 atom stereocenters. The summed E-state index contributed by atoms with van der Waals surface area (Å²) >= 11 is 0. The molecule has 2 fully saturated rings. The number of likely N-dealkylation sites (tertiary alicyclic amines) is 1. The molecule has 1 aliphatic heterocycles. The predicted molar refractivity (Wildman–Crippen MR) is 80.8 cm³/mol. The van der Waals surface area contributed by atoms with Gasteiger partial charge in [-0.2, -0.15) is 0 Å². The van der Waals surface area contributed by atoms with Crippen molar-refractivity contribution in [1.82, 2.24) is 10.2 Å². The van der Waals surface area contributed by atoms with E-state index in [9.17, 15) is 9.59 Å². The van der Waals surface area contributed by atoms with Crippen LogP contribution in [-0.4, -0.2) is 49.6 Å². The Morgan fingerprint density at radius 3 is 2.33 bits per heavy atom. The molecule has 0 spiro atoms. The lowest BCUT2D eigenvalue weighted by molar-refractivity contribution is -0.146. The number of methoxy groups -OCH3 is 1. The van der Waals surface area contributed by atoms with Gasteiger partial charge in [0.25, 0.3) is 0 Å². The topological polar surface area (TPSA) is 58.6 Å². The Bertz CT molecular complexity index is 347. The van der Waals surface area contributed by atoms with Gasteiger partial charge in [0, 0.05) is 12.5 Å². The molecule has 5 nitrogen and oxygen atoms in total. The summed E-state index contributed by atoms with van der Waals surface area (Å²) in [6.45, 7) is 2.59. The Labute approximate surface area is 127 Å². The zero-order valence-electron chi connectivity index (χ0n) is 13.1. The van der Waals surface area contributed by atoms with Crippen LogP contribution in [0.15, 0.2) is 0 Å². The summed E-state index contributed by atoms with van der Waals surface area (Å²) in [6, 6.07) is -0.525. The molecule has 1 saturated carbocycles. The molecule has 120 valence electrons. The molecule has 0 aromatic rings. The van der Waals surface area contributed by atoms with Gasteiger partial charge in [-0.25, -0.2) is 4.79 Å². The Balaban J connectivity index is 1.88. The monoisotopic (exact) mass is 296 g/mol. The van der Waals surface area contributed by atoms with Crippen molar-refractivity contribution in [2.24, 2.45) is 5.92 Å². The predicted octanol–water partition coefficient (Wildman–Crippen LogP) is 1.71. The first-order chi connectivity index (χ1) is 10.2. The van der Waals surface area contributed by atoms with Crippen molar-refractivity contribution in [3.8, 4) is 0 Å². The van der Waals surface area contributed by atoms with Crippen molar-refractivity contribution in [2.45, 2.75) is 57.4 Å². The summed E-state index contributed by atoms with van der Waals surface area (Å²) in [4.78, 5) is 26.5. The number of hydrogen-bond donors (Lipinski definition) is 1. The molecule has 0 aromatic heterocycles. The average molecular weight is 296 g/mol. The highest BCUT2D eigenvalue weighted by Crippen LogP contribution is 2.23. The smallest absolute Gasteiger partial charge is 0.329 e. The maximum Gasteiger partial charge on any atom is 0.329 e. The van der Waals surface area contributed by atoms with Crippen LogP contribution < -0.4 is 5.32 Å². The zero-order chi connectivity index (χ0) is 15.1. The summed E-state index contributed by atoms with van der Waals surface area (Å²) in [5.41, 5.74) is 0. The molecule has 0 radical (unpaired) electrons. The number of hydrogen-bond acceptors (Lipinski definition) is 4. The number of amides is 1. The van der Waals surface area contributed by atoms with E-state index in [0.717, 1.165) is 38.8 Å². The second-order valence-corrected chi connectivity index (χ2v) is 6.28. The third-order valence-corrected chi connectivity index (χ3v) is 4.67. The average Bonchev–Trinajstić information content (AvgIpc) is 2.55. The molecule has 1 N–H and O–H groups in total. The lowest BCUT2D eigenvalue weighted by atomic mass is 9.88. The van der Waals surface area contributed by atoms with Crippen LogP contribution in [0.1, 0.15) is 51.4 Å². The van der Waals surface area contributed by atoms with Crippen LogP contribution in [-0.2, 0) is 14.3 Å². The van der Waals surface area contributed by atoms with Crippen LogP contribution in [0.4, 0.5) is 0 Å². The van der Waals surface area contributed by atoms with Crippen molar-refractivity contribution < 1.29 is 14.3 Å². The van der Waals surface area contributed by atoms with E-state index in [1.54, 1.807) is 0 Å². The number of carbonyl (C=O) groups excluding carboxylic acids is 2. The molecule has 1 amide bonds.